The lowest BCUT2D eigenvalue weighted by molar-refractivity contribution is -0.144. The number of halogens is 3. The Balaban J connectivity index is 2.22. The normalized spacial score (nSPS) is 19.2. The minimum absolute atomic E-state index is 0.0863. The van der Waals surface area contributed by atoms with Crippen LogP contribution in [0.4, 0.5) is 13.2 Å². The van der Waals surface area contributed by atoms with E-state index in [1.54, 1.807) is 0 Å². The summed E-state index contributed by atoms with van der Waals surface area (Å²) in [6.45, 7) is 0. The van der Waals surface area contributed by atoms with E-state index >= 15 is 0 Å². The first kappa shape index (κ1) is 13.3. The molecule has 0 radical (unpaired) electrons. The molecule has 1 fully saturated rings. The van der Waals surface area contributed by atoms with Crippen LogP contribution < -0.4 is 5.32 Å². The molecule has 1 aliphatic rings. The summed E-state index contributed by atoms with van der Waals surface area (Å²) in [5.41, 5.74) is 0. The second-order valence-corrected chi connectivity index (χ2v) is 4.37. The molecule has 1 saturated carbocycles. The molecule has 0 unspecified atom stereocenters. The highest BCUT2D eigenvalue weighted by Crippen LogP contribution is 2.22. The van der Waals surface area contributed by atoms with Crippen molar-refractivity contribution in [3.05, 3.63) is 0 Å². The molecule has 1 rings (SSSR count). The molecule has 0 aromatic heterocycles. The lowest BCUT2D eigenvalue weighted by Crippen LogP contribution is -2.34. The van der Waals surface area contributed by atoms with Gasteiger partial charge in [0, 0.05) is 12.5 Å². The van der Waals surface area contributed by atoms with Crippen molar-refractivity contribution >= 4 is 5.91 Å². The summed E-state index contributed by atoms with van der Waals surface area (Å²) in [6, 6.07) is 0.0863. The predicted octanol–water partition coefficient (Wildman–Crippen LogP) is 3.17. The minimum Gasteiger partial charge on any atom is -0.353 e. The van der Waals surface area contributed by atoms with Crippen LogP contribution in [0.15, 0.2) is 0 Å². The number of carbonyl (C=O) groups is 1. The van der Waals surface area contributed by atoms with E-state index in [9.17, 15) is 18.0 Å². The Bertz CT molecular complexity index is 220. The zero-order valence-corrected chi connectivity index (χ0v) is 9.28. The van der Waals surface area contributed by atoms with Crippen molar-refractivity contribution in [3.8, 4) is 0 Å². The van der Waals surface area contributed by atoms with E-state index in [-0.39, 0.29) is 6.04 Å². The molecule has 0 aromatic carbocycles. The SMILES string of the molecule is O=C(CCC(F)(F)F)NC1CCCCCC1. The molecule has 0 saturated heterocycles. The summed E-state index contributed by atoms with van der Waals surface area (Å²) < 4.78 is 35.6. The predicted molar refractivity (Wildman–Crippen MR) is 54.9 cm³/mol. The molecular formula is C11H18F3NO. The van der Waals surface area contributed by atoms with E-state index in [1.807, 2.05) is 0 Å². The average Bonchev–Trinajstić information content (AvgIpc) is 2.42. The summed E-state index contributed by atoms with van der Waals surface area (Å²) >= 11 is 0. The third-order valence-corrected chi connectivity index (χ3v) is 2.86. The molecule has 94 valence electrons. The fraction of sp³-hybridized carbons (Fsp3) is 0.909. The van der Waals surface area contributed by atoms with Crippen LogP contribution in [-0.2, 0) is 4.79 Å². The molecule has 0 spiro atoms. The summed E-state index contributed by atoms with van der Waals surface area (Å²) in [7, 11) is 0. The lowest BCUT2D eigenvalue weighted by atomic mass is 10.1. The monoisotopic (exact) mass is 237 g/mol. The number of carbonyl (C=O) groups excluding carboxylic acids is 1. The van der Waals surface area contributed by atoms with Gasteiger partial charge in [0.25, 0.3) is 0 Å². The first-order valence-electron chi connectivity index (χ1n) is 5.83. The molecule has 0 bridgehead atoms. The second-order valence-electron chi connectivity index (χ2n) is 4.37. The van der Waals surface area contributed by atoms with Gasteiger partial charge >= 0.3 is 6.18 Å². The molecule has 0 atom stereocenters. The van der Waals surface area contributed by atoms with Gasteiger partial charge in [0.15, 0.2) is 0 Å². The van der Waals surface area contributed by atoms with Crippen LogP contribution in [0, 0.1) is 0 Å². The average molecular weight is 237 g/mol. The highest BCUT2D eigenvalue weighted by Gasteiger charge is 2.28. The van der Waals surface area contributed by atoms with Gasteiger partial charge in [-0.3, -0.25) is 4.79 Å². The fourth-order valence-electron chi connectivity index (χ4n) is 1.98. The number of hydrogen-bond acceptors (Lipinski definition) is 1. The summed E-state index contributed by atoms with van der Waals surface area (Å²) in [4.78, 5) is 11.3. The van der Waals surface area contributed by atoms with Gasteiger partial charge in [0.05, 0.1) is 6.42 Å². The molecule has 1 aliphatic carbocycles. The van der Waals surface area contributed by atoms with E-state index in [4.69, 9.17) is 0 Å². The third-order valence-electron chi connectivity index (χ3n) is 2.86. The Kier molecular flexibility index (Phi) is 5.09. The van der Waals surface area contributed by atoms with Crippen molar-refractivity contribution in [2.24, 2.45) is 0 Å². The summed E-state index contributed by atoms with van der Waals surface area (Å²) in [5, 5.41) is 2.69. The topological polar surface area (TPSA) is 29.1 Å². The van der Waals surface area contributed by atoms with Crippen molar-refractivity contribution in [2.75, 3.05) is 0 Å². The number of nitrogens with one attached hydrogen (secondary N) is 1. The maximum atomic E-state index is 11.9. The lowest BCUT2D eigenvalue weighted by Gasteiger charge is -2.16. The van der Waals surface area contributed by atoms with Gasteiger partial charge in [0.1, 0.15) is 0 Å². The standard InChI is InChI=1S/C11H18F3NO/c12-11(13,14)8-7-10(16)15-9-5-3-1-2-4-6-9/h9H,1-8H2,(H,15,16). The van der Waals surface area contributed by atoms with Gasteiger partial charge < -0.3 is 5.32 Å². The van der Waals surface area contributed by atoms with Gasteiger partial charge in [0.2, 0.25) is 5.91 Å². The van der Waals surface area contributed by atoms with Crippen LogP contribution in [0.1, 0.15) is 51.4 Å². The summed E-state index contributed by atoms with van der Waals surface area (Å²) in [6.07, 6.45) is 0.542. The molecule has 1 amide bonds. The van der Waals surface area contributed by atoms with E-state index in [0.29, 0.717) is 0 Å². The van der Waals surface area contributed by atoms with Crippen LogP contribution in [0.5, 0.6) is 0 Å². The fourth-order valence-corrected chi connectivity index (χ4v) is 1.98. The van der Waals surface area contributed by atoms with E-state index < -0.39 is 24.9 Å². The Hall–Kier alpha value is -0.740. The molecular weight excluding hydrogens is 219 g/mol. The van der Waals surface area contributed by atoms with Gasteiger partial charge in [-0.25, -0.2) is 0 Å². The molecule has 0 heterocycles. The van der Waals surface area contributed by atoms with Gasteiger partial charge in [-0.15, -0.1) is 0 Å². The van der Waals surface area contributed by atoms with Gasteiger partial charge in [-0.05, 0) is 12.8 Å². The number of amides is 1. The smallest absolute Gasteiger partial charge is 0.353 e. The number of alkyl halides is 3. The van der Waals surface area contributed by atoms with Crippen molar-refractivity contribution in [1.82, 2.24) is 5.32 Å². The third kappa shape index (κ3) is 5.98. The Morgan fingerprint density at radius 1 is 1.12 bits per heavy atom. The number of hydrogen-bond donors (Lipinski definition) is 1. The van der Waals surface area contributed by atoms with E-state index in [0.717, 1.165) is 38.5 Å². The Morgan fingerprint density at radius 3 is 2.19 bits per heavy atom. The molecule has 0 aromatic rings. The molecule has 2 nitrogen and oxygen atoms in total. The van der Waals surface area contributed by atoms with Crippen molar-refractivity contribution in [1.29, 1.82) is 0 Å². The van der Waals surface area contributed by atoms with Crippen LogP contribution in [-0.4, -0.2) is 18.1 Å². The Labute approximate surface area is 93.6 Å². The van der Waals surface area contributed by atoms with E-state index in [2.05, 4.69) is 5.32 Å². The highest BCUT2D eigenvalue weighted by molar-refractivity contribution is 5.76. The second kappa shape index (κ2) is 6.11. The molecule has 16 heavy (non-hydrogen) atoms. The van der Waals surface area contributed by atoms with Crippen LogP contribution in [0.2, 0.25) is 0 Å². The Morgan fingerprint density at radius 2 is 1.69 bits per heavy atom. The van der Waals surface area contributed by atoms with Crippen LogP contribution >= 0.6 is 0 Å². The molecule has 1 N–H and O–H groups in total. The van der Waals surface area contributed by atoms with E-state index in [1.165, 1.54) is 0 Å². The van der Waals surface area contributed by atoms with Crippen LogP contribution in [0.25, 0.3) is 0 Å². The first-order chi connectivity index (χ1) is 7.47. The maximum Gasteiger partial charge on any atom is 0.389 e. The van der Waals surface area contributed by atoms with Gasteiger partial charge in [-0.2, -0.15) is 13.2 Å². The zero-order valence-electron chi connectivity index (χ0n) is 9.28. The first-order valence-corrected chi connectivity index (χ1v) is 5.83. The molecule has 5 heteroatoms. The van der Waals surface area contributed by atoms with Crippen LogP contribution in [0.3, 0.4) is 0 Å². The number of rotatable bonds is 3. The highest BCUT2D eigenvalue weighted by atomic mass is 19.4. The molecule has 0 aliphatic heterocycles. The zero-order chi connectivity index (χ0) is 12.0. The van der Waals surface area contributed by atoms with Crippen molar-refractivity contribution < 1.29 is 18.0 Å². The quantitative estimate of drug-likeness (QED) is 0.750. The largest absolute Gasteiger partial charge is 0.389 e. The minimum atomic E-state index is -4.24. The maximum absolute atomic E-state index is 11.9. The van der Waals surface area contributed by atoms with Crippen molar-refractivity contribution in [3.63, 3.8) is 0 Å². The summed E-state index contributed by atoms with van der Waals surface area (Å²) in [5.74, 6) is -0.468. The van der Waals surface area contributed by atoms with Gasteiger partial charge in [-0.1, -0.05) is 25.7 Å². The van der Waals surface area contributed by atoms with Crippen molar-refractivity contribution in [2.45, 2.75) is 63.6 Å².